The zero-order chi connectivity index (χ0) is 12.5. The van der Waals surface area contributed by atoms with Crippen LogP contribution >= 0.6 is 0 Å². The molecular formula is C14H22N2O. The van der Waals surface area contributed by atoms with E-state index in [4.69, 9.17) is 5.73 Å². The van der Waals surface area contributed by atoms with Crippen molar-refractivity contribution in [2.45, 2.75) is 38.7 Å². The van der Waals surface area contributed by atoms with E-state index >= 15 is 0 Å². The minimum atomic E-state index is -0.520. The summed E-state index contributed by atoms with van der Waals surface area (Å²) in [6.07, 6.45) is 2.69. The molecule has 2 rings (SSSR count). The standard InChI is InChI=1S/C14H22N2O/c1-11-4-5-12(15)13(10-11)16-8-3-6-14(2,17)7-9-16/h4-5,10,17H,3,6-9,15H2,1-2H3. The van der Waals surface area contributed by atoms with Crippen molar-refractivity contribution in [1.29, 1.82) is 0 Å². The second-order valence-corrected chi connectivity index (χ2v) is 5.40. The van der Waals surface area contributed by atoms with Gasteiger partial charge in [-0.25, -0.2) is 0 Å². The molecule has 0 bridgehead atoms. The molecule has 3 heteroatoms. The van der Waals surface area contributed by atoms with Gasteiger partial charge in [0.25, 0.3) is 0 Å². The van der Waals surface area contributed by atoms with Gasteiger partial charge < -0.3 is 15.7 Å². The third-order valence-electron chi connectivity index (χ3n) is 3.59. The van der Waals surface area contributed by atoms with E-state index < -0.39 is 5.60 Å². The minimum Gasteiger partial charge on any atom is -0.397 e. The maximum absolute atomic E-state index is 10.1. The Morgan fingerprint density at radius 3 is 2.82 bits per heavy atom. The molecule has 0 amide bonds. The summed E-state index contributed by atoms with van der Waals surface area (Å²) in [4.78, 5) is 2.30. The molecule has 1 aromatic rings. The van der Waals surface area contributed by atoms with Crippen LogP contribution in [-0.2, 0) is 0 Å². The summed E-state index contributed by atoms with van der Waals surface area (Å²) in [5, 5.41) is 10.1. The molecule has 94 valence electrons. The second-order valence-electron chi connectivity index (χ2n) is 5.40. The number of anilines is 2. The first-order valence-electron chi connectivity index (χ1n) is 6.31. The monoisotopic (exact) mass is 234 g/mol. The van der Waals surface area contributed by atoms with E-state index in [1.54, 1.807) is 0 Å². The van der Waals surface area contributed by atoms with E-state index in [1.165, 1.54) is 5.56 Å². The van der Waals surface area contributed by atoms with Gasteiger partial charge in [-0.05, 0) is 50.8 Å². The highest BCUT2D eigenvalue weighted by Gasteiger charge is 2.25. The molecule has 1 atom stereocenters. The molecule has 1 aliphatic rings. The Balaban J connectivity index is 2.19. The maximum atomic E-state index is 10.1. The molecule has 1 aliphatic heterocycles. The zero-order valence-electron chi connectivity index (χ0n) is 10.7. The van der Waals surface area contributed by atoms with Crippen LogP contribution in [0.3, 0.4) is 0 Å². The van der Waals surface area contributed by atoms with Gasteiger partial charge in [-0.3, -0.25) is 0 Å². The Kier molecular flexibility index (Phi) is 3.29. The van der Waals surface area contributed by atoms with E-state index in [-0.39, 0.29) is 0 Å². The van der Waals surface area contributed by atoms with Gasteiger partial charge in [-0.15, -0.1) is 0 Å². The second kappa shape index (κ2) is 4.57. The number of nitrogens with zero attached hydrogens (tertiary/aromatic N) is 1. The Morgan fingerprint density at radius 2 is 2.06 bits per heavy atom. The van der Waals surface area contributed by atoms with E-state index in [0.29, 0.717) is 0 Å². The van der Waals surface area contributed by atoms with Gasteiger partial charge in [0.15, 0.2) is 0 Å². The predicted octanol–water partition coefficient (Wildman–Crippen LogP) is 2.32. The number of hydrogen-bond donors (Lipinski definition) is 2. The molecule has 3 N–H and O–H groups in total. The fourth-order valence-electron chi connectivity index (χ4n) is 2.43. The zero-order valence-corrected chi connectivity index (χ0v) is 10.7. The van der Waals surface area contributed by atoms with Crippen molar-refractivity contribution in [3.63, 3.8) is 0 Å². The Labute approximate surface area is 103 Å². The quantitative estimate of drug-likeness (QED) is 0.733. The lowest BCUT2D eigenvalue weighted by Gasteiger charge is -2.25. The number of hydrogen-bond acceptors (Lipinski definition) is 3. The lowest BCUT2D eigenvalue weighted by molar-refractivity contribution is 0.0481. The van der Waals surface area contributed by atoms with E-state index in [9.17, 15) is 5.11 Å². The first-order valence-corrected chi connectivity index (χ1v) is 6.31. The molecule has 1 aromatic carbocycles. The molecule has 0 aliphatic carbocycles. The van der Waals surface area contributed by atoms with Crippen molar-refractivity contribution in [3.05, 3.63) is 23.8 Å². The normalized spacial score (nSPS) is 25.7. The fourth-order valence-corrected chi connectivity index (χ4v) is 2.43. The van der Waals surface area contributed by atoms with Crippen molar-refractivity contribution in [1.82, 2.24) is 0 Å². The molecule has 0 radical (unpaired) electrons. The minimum absolute atomic E-state index is 0.520. The summed E-state index contributed by atoms with van der Waals surface area (Å²) in [5.41, 5.74) is 8.69. The Hall–Kier alpha value is -1.22. The Bertz CT molecular complexity index is 401. The summed E-state index contributed by atoms with van der Waals surface area (Å²) in [6.45, 7) is 5.86. The van der Waals surface area contributed by atoms with Gasteiger partial charge in [-0.2, -0.15) is 0 Å². The number of benzene rings is 1. The summed E-state index contributed by atoms with van der Waals surface area (Å²) in [5.74, 6) is 0. The largest absolute Gasteiger partial charge is 0.397 e. The molecular weight excluding hydrogens is 212 g/mol. The lowest BCUT2D eigenvalue weighted by Crippen LogP contribution is -2.28. The molecule has 1 fully saturated rings. The smallest absolute Gasteiger partial charge is 0.0637 e. The van der Waals surface area contributed by atoms with Crippen LogP contribution in [0.4, 0.5) is 11.4 Å². The highest BCUT2D eigenvalue weighted by Crippen LogP contribution is 2.29. The summed E-state index contributed by atoms with van der Waals surface area (Å²) < 4.78 is 0. The molecule has 0 spiro atoms. The van der Waals surface area contributed by atoms with Crippen molar-refractivity contribution < 1.29 is 5.11 Å². The summed E-state index contributed by atoms with van der Waals surface area (Å²) in [7, 11) is 0. The molecule has 17 heavy (non-hydrogen) atoms. The van der Waals surface area contributed by atoms with Crippen LogP contribution in [0, 0.1) is 6.92 Å². The van der Waals surface area contributed by atoms with E-state index in [0.717, 1.165) is 43.7 Å². The topological polar surface area (TPSA) is 49.5 Å². The SMILES string of the molecule is Cc1ccc(N)c(N2CCCC(C)(O)CC2)c1. The van der Waals surface area contributed by atoms with E-state index in [1.807, 2.05) is 19.1 Å². The molecule has 1 heterocycles. The number of nitrogen functional groups attached to an aromatic ring is 1. The number of rotatable bonds is 1. The van der Waals surface area contributed by atoms with Crippen molar-refractivity contribution in [2.24, 2.45) is 0 Å². The van der Waals surface area contributed by atoms with E-state index in [2.05, 4.69) is 17.9 Å². The van der Waals surface area contributed by atoms with Gasteiger partial charge in [0.1, 0.15) is 0 Å². The summed E-state index contributed by atoms with van der Waals surface area (Å²) in [6, 6.07) is 6.13. The number of nitrogens with two attached hydrogens (primary N) is 1. The van der Waals surface area contributed by atoms with Crippen LogP contribution < -0.4 is 10.6 Å². The molecule has 1 unspecified atom stereocenters. The molecule has 0 aromatic heterocycles. The average molecular weight is 234 g/mol. The van der Waals surface area contributed by atoms with Gasteiger partial charge >= 0.3 is 0 Å². The van der Waals surface area contributed by atoms with Crippen molar-refractivity contribution in [3.8, 4) is 0 Å². The average Bonchev–Trinajstić information content (AvgIpc) is 2.43. The maximum Gasteiger partial charge on any atom is 0.0637 e. The van der Waals surface area contributed by atoms with Gasteiger partial charge in [0.05, 0.1) is 17.0 Å². The lowest BCUT2D eigenvalue weighted by atomic mass is 9.98. The van der Waals surface area contributed by atoms with Crippen LogP contribution in [0.15, 0.2) is 18.2 Å². The van der Waals surface area contributed by atoms with Crippen LogP contribution in [0.2, 0.25) is 0 Å². The number of aryl methyl sites for hydroxylation is 1. The van der Waals surface area contributed by atoms with Gasteiger partial charge in [0.2, 0.25) is 0 Å². The van der Waals surface area contributed by atoms with Crippen LogP contribution in [0.25, 0.3) is 0 Å². The first-order chi connectivity index (χ1) is 7.98. The highest BCUT2D eigenvalue weighted by atomic mass is 16.3. The highest BCUT2D eigenvalue weighted by molar-refractivity contribution is 5.68. The number of aliphatic hydroxyl groups is 1. The molecule has 1 saturated heterocycles. The van der Waals surface area contributed by atoms with Gasteiger partial charge in [0, 0.05) is 13.1 Å². The van der Waals surface area contributed by atoms with Crippen molar-refractivity contribution in [2.75, 3.05) is 23.7 Å². The fraction of sp³-hybridized carbons (Fsp3) is 0.571. The summed E-state index contributed by atoms with van der Waals surface area (Å²) >= 11 is 0. The third kappa shape index (κ3) is 2.91. The van der Waals surface area contributed by atoms with Crippen molar-refractivity contribution >= 4 is 11.4 Å². The molecule has 0 saturated carbocycles. The predicted molar refractivity (Wildman–Crippen MR) is 72.3 cm³/mol. The molecule has 3 nitrogen and oxygen atoms in total. The van der Waals surface area contributed by atoms with Crippen LogP contribution in [0.5, 0.6) is 0 Å². The third-order valence-corrected chi connectivity index (χ3v) is 3.59. The van der Waals surface area contributed by atoms with Crippen LogP contribution in [0.1, 0.15) is 31.7 Å². The van der Waals surface area contributed by atoms with Gasteiger partial charge in [-0.1, -0.05) is 6.07 Å². The first kappa shape index (κ1) is 12.2. The van der Waals surface area contributed by atoms with Crippen LogP contribution in [-0.4, -0.2) is 23.8 Å². The Morgan fingerprint density at radius 1 is 1.29 bits per heavy atom.